The summed E-state index contributed by atoms with van der Waals surface area (Å²) < 4.78 is 14.8. The average molecular weight is 520 g/mol. The van der Waals surface area contributed by atoms with Crippen molar-refractivity contribution < 1.29 is 9.47 Å². The molecule has 0 bridgehead atoms. The molecule has 0 amide bonds. The third-order valence-corrected chi connectivity index (χ3v) is 6.56. The molecule has 0 saturated heterocycles. The standard InChI is InChI=1S/C26H24BrN3O2.C2H6/c1-31-21-9-6-18(7-10-21)16-32-17-20-8-11-24-29-25(22-4-2-3-5-23(22)27)26(30(20)24)19-12-14-28-15-13-19;1-2/h2-7,9-10,12-15,20H,8,11,16-17H2,1H3;1-2H3/t20-;/m0./s1. The summed E-state index contributed by atoms with van der Waals surface area (Å²) in [6.45, 7) is 5.22. The molecule has 4 aromatic rings. The van der Waals surface area contributed by atoms with Gasteiger partial charge in [0.1, 0.15) is 11.6 Å². The van der Waals surface area contributed by atoms with Crippen LogP contribution in [0.4, 0.5) is 0 Å². The van der Waals surface area contributed by atoms with Crippen LogP contribution in [-0.4, -0.2) is 28.3 Å². The topological polar surface area (TPSA) is 49.2 Å². The van der Waals surface area contributed by atoms with E-state index in [0.29, 0.717) is 13.2 Å². The Hall–Kier alpha value is -2.96. The van der Waals surface area contributed by atoms with E-state index >= 15 is 0 Å². The maximum Gasteiger partial charge on any atom is 0.118 e. The Morgan fingerprint density at radius 2 is 1.74 bits per heavy atom. The molecule has 1 aliphatic heterocycles. The molecule has 5 nitrogen and oxygen atoms in total. The van der Waals surface area contributed by atoms with Crippen molar-refractivity contribution in [3.05, 3.63) is 88.9 Å². The quantitative estimate of drug-likeness (QED) is 0.261. The van der Waals surface area contributed by atoms with Gasteiger partial charge in [-0.15, -0.1) is 0 Å². The highest BCUT2D eigenvalue weighted by molar-refractivity contribution is 9.10. The van der Waals surface area contributed by atoms with Crippen LogP contribution in [0.3, 0.4) is 0 Å². The molecule has 0 radical (unpaired) electrons. The monoisotopic (exact) mass is 519 g/mol. The summed E-state index contributed by atoms with van der Waals surface area (Å²) in [6.07, 6.45) is 5.64. The van der Waals surface area contributed by atoms with E-state index in [1.165, 1.54) is 0 Å². The van der Waals surface area contributed by atoms with Gasteiger partial charge in [0.05, 0.1) is 37.8 Å². The van der Waals surface area contributed by atoms with Gasteiger partial charge in [-0.25, -0.2) is 4.98 Å². The fourth-order valence-electron chi connectivity index (χ4n) is 4.29. The van der Waals surface area contributed by atoms with E-state index in [1.54, 1.807) is 7.11 Å². The van der Waals surface area contributed by atoms with Crippen LogP contribution in [0.1, 0.15) is 37.7 Å². The first-order chi connectivity index (χ1) is 16.7. The summed E-state index contributed by atoms with van der Waals surface area (Å²) >= 11 is 3.71. The van der Waals surface area contributed by atoms with Crippen LogP contribution >= 0.6 is 15.9 Å². The molecule has 34 heavy (non-hydrogen) atoms. The summed E-state index contributed by atoms with van der Waals surface area (Å²) in [5, 5.41) is 0. The van der Waals surface area contributed by atoms with Gasteiger partial charge in [-0.2, -0.15) is 0 Å². The van der Waals surface area contributed by atoms with Crippen LogP contribution in [0, 0.1) is 0 Å². The lowest BCUT2D eigenvalue weighted by Crippen LogP contribution is -2.13. The van der Waals surface area contributed by atoms with E-state index in [4.69, 9.17) is 14.5 Å². The van der Waals surface area contributed by atoms with Gasteiger partial charge in [0.15, 0.2) is 0 Å². The Labute approximate surface area is 209 Å². The second-order valence-electron chi connectivity index (χ2n) is 7.87. The highest BCUT2D eigenvalue weighted by Gasteiger charge is 2.30. The van der Waals surface area contributed by atoms with Gasteiger partial charge >= 0.3 is 0 Å². The van der Waals surface area contributed by atoms with Gasteiger partial charge in [-0.05, 0) is 42.3 Å². The lowest BCUT2D eigenvalue weighted by atomic mass is 10.0. The number of methoxy groups -OCH3 is 1. The van der Waals surface area contributed by atoms with E-state index in [0.717, 1.165) is 57.0 Å². The molecule has 6 heteroatoms. The summed E-state index contributed by atoms with van der Waals surface area (Å²) in [7, 11) is 1.68. The molecule has 176 valence electrons. The molecule has 2 aromatic heterocycles. The van der Waals surface area contributed by atoms with Crippen LogP contribution < -0.4 is 4.74 Å². The Morgan fingerprint density at radius 1 is 1.00 bits per heavy atom. The minimum atomic E-state index is 0.246. The number of halogens is 1. The van der Waals surface area contributed by atoms with Crippen molar-refractivity contribution in [2.75, 3.05) is 13.7 Å². The highest BCUT2D eigenvalue weighted by Crippen LogP contribution is 2.41. The number of pyridine rings is 1. The maximum absolute atomic E-state index is 6.15. The summed E-state index contributed by atoms with van der Waals surface area (Å²) in [5.41, 5.74) is 5.48. The van der Waals surface area contributed by atoms with Crippen molar-refractivity contribution >= 4 is 15.9 Å². The Bertz CT molecular complexity index is 1210. The number of imidazole rings is 1. The fourth-order valence-corrected chi connectivity index (χ4v) is 4.77. The van der Waals surface area contributed by atoms with Crippen LogP contribution in [0.5, 0.6) is 5.75 Å². The zero-order valence-electron chi connectivity index (χ0n) is 19.9. The lowest BCUT2D eigenvalue weighted by molar-refractivity contribution is 0.0925. The number of fused-ring (bicyclic) bond motifs is 1. The minimum Gasteiger partial charge on any atom is -0.497 e. The summed E-state index contributed by atoms with van der Waals surface area (Å²) in [5.74, 6) is 1.97. The van der Waals surface area contributed by atoms with E-state index in [1.807, 2.05) is 56.6 Å². The average Bonchev–Trinajstić information content (AvgIpc) is 3.46. The molecule has 3 heterocycles. The van der Waals surface area contributed by atoms with Crippen molar-refractivity contribution in [1.29, 1.82) is 0 Å². The molecule has 0 saturated carbocycles. The molecule has 0 N–H and O–H groups in total. The number of ether oxygens (including phenoxy) is 2. The summed E-state index contributed by atoms with van der Waals surface area (Å²) in [6, 6.07) is 20.6. The molecule has 0 unspecified atom stereocenters. The Morgan fingerprint density at radius 3 is 2.44 bits per heavy atom. The predicted molar refractivity (Wildman–Crippen MR) is 140 cm³/mol. The molecule has 1 atom stereocenters. The van der Waals surface area contributed by atoms with Crippen LogP contribution in [0.2, 0.25) is 0 Å². The number of aromatic nitrogens is 3. The Kier molecular flexibility index (Phi) is 8.14. The van der Waals surface area contributed by atoms with Gasteiger partial charge in [0, 0.05) is 34.4 Å². The van der Waals surface area contributed by atoms with Crippen molar-refractivity contribution in [2.24, 2.45) is 0 Å². The number of benzene rings is 2. The molecular formula is C28H30BrN3O2. The molecule has 1 aliphatic rings. The van der Waals surface area contributed by atoms with Crippen LogP contribution in [0.25, 0.3) is 22.5 Å². The molecule has 5 rings (SSSR count). The number of hydrogen-bond acceptors (Lipinski definition) is 4. The number of hydrogen-bond donors (Lipinski definition) is 0. The Balaban J connectivity index is 0.00000133. The third-order valence-electron chi connectivity index (χ3n) is 5.87. The lowest BCUT2D eigenvalue weighted by Gasteiger charge is -2.18. The zero-order valence-corrected chi connectivity index (χ0v) is 21.5. The minimum absolute atomic E-state index is 0.246. The van der Waals surface area contributed by atoms with Crippen molar-refractivity contribution in [1.82, 2.24) is 14.5 Å². The van der Waals surface area contributed by atoms with E-state index in [2.05, 4.69) is 55.8 Å². The molecule has 0 spiro atoms. The number of rotatable bonds is 7. The zero-order chi connectivity index (χ0) is 23.9. The van der Waals surface area contributed by atoms with Gasteiger partial charge in [0.25, 0.3) is 0 Å². The fraction of sp³-hybridized carbons (Fsp3) is 0.286. The highest BCUT2D eigenvalue weighted by atomic mass is 79.9. The first-order valence-corrected chi connectivity index (χ1v) is 12.5. The molecule has 2 aromatic carbocycles. The van der Waals surface area contributed by atoms with Gasteiger partial charge in [-0.3, -0.25) is 4.98 Å². The van der Waals surface area contributed by atoms with E-state index in [-0.39, 0.29) is 6.04 Å². The van der Waals surface area contributed by atoms with Gasteiger partial charge in [-0.1, -0.05) is 60.1 Å². The molecular weight excluding hydrogens is 490 g/mol. The summed E-state index contributed by atoms with van der Waals surface area (Å²) in [4.78, 5) is 9.29. The SMILES string of the molecule is CC.COc1ccc(COC[C@@H]2CCc3nc(-c4ccccc4Br)c(-c4ccncc4)n32)cc1. The van der Waals surface area contributed by atoms with Gasteiger partial charge < -0.3 is 14.0 Å². The van der Waals surface area contributed by atoms with Crippen molar-refractivity contribution in [3.63, 3.8) is 0 Å². The molecule has 0 aliphatic carbocycles. The molecule has 0 fully saturated rings. The van der Waals surface area contributed by atoms with E-state index in [9.17, 15) is 0 Å². The predicted octanol–water partition coefficient (Wildman–Crippen LogP) is 7.11. The van der Waals surface area contributed by atoms with Crippen molar-refractivity contribution in [3.8, 4) is 28.3 Å². The third kappa shape index (κ3) is 5.08. The maximum atomic E-state index is 6.15. The number of nitrogens with zero attached hydrogens (tertiary/aromatic N) is 3. The largest absolute Gasteiger partial charge is 0.497 e. The van der Waals surface area contributed by atoms with Crippen molar-refractivity contribution in [2.45, 2.75) is 39.3 Å². The van der Waals surface area contributed by atoms with Crippen LogP contribution in [0.15, 0.2) is 77.5 Å². The smallest absolute Gasteiger partial charge is 0.118 e. The number of aryl methyl sites for hydroxylation is 1. The second kappa shape index (κ2) is 11.4. The normalized spacial score (nSPS) is 14.3. The van der Waals surface area contributed by atoms with Gasteiger partial charge in [0.2, 0.25) is 0 Å². The first-order valence-electron chi connectivity index (χ1n) is 11.7. The van der Waals surface area contributed by atoms with Crippen LogP contribution in [-0.2, 0) is 17.8 Å². The van der Waals surface area contributed by atoms with E-state index < -0.39 is 0 Å². The first kappa shape index (κ1) is 24.2. The second-order valence-corrected chi connectivity index (χ2v) is 8.72.